The maximum atomic E-state index is 13.2. The average Bonchev–Trinajstić information content (AvgIpc) is 3.31. The Labute approximate surface area is 183 Å². The number of sulfonamides is 1. The van der Waals surface area contributed by atoms with Crippen LogP contribution in [0.1, 0.15) is 11.5 Å². The zero-order valence-corrected chi connectivity index (χ0v) is 18.6. The smallest absolute Gasteiger partial charge is 0.243 e. The van der Waals surface area contributed by atoms with Crippen molar-refractivity contribution in [1.29, 1.82) is 0 Å². The molecular weight excluding hydrogens is 414 g/mol. The topological polar surface area (TPSA) is 91.4 Å². The third kappa shape index (κ3) is 4.95. The fourth-order valence-electron chi connectivity index (χ4n) is 3.63. The maximum Gasteiger partial charge on any atom is 0.243 e. The van der Waals surface area contributed by atoms with Gasteiger partial charge in [-0.2, -0.15) is 4.31 Å². The Morgan fingerprint density at radius 2 is 1.90 bits per heavy atom. The van der Waals surface area contributed by atoms with Crippen LogP contribution >= 0.6 is 0 Å². The second kappa shape index (κ2) is 9.17. The first-order chi connectivity index (χ1) is 15.0. The first kappa shape index (κ1) is 21.5. The van der Waals surface area contributed by atoms with Crippen LogP contribution < -0.4 is 4.74 Å². The molecule has 0 amide bonds. The first-order valence-corrected chi connectivity index (χ1v) is 11.7. The molecule has 1 N–H and O–H groups in total. The molecule has 1 aliphatic heterocycles. The molecule has 0 atom stereocenters. The van der Waals surface area contributed by atoms with E-state index in [4.69, 9.17) is 9.72 Å². The molecule has 9 heteroatoms. The van der Waals surface area contributed by atoms with Crippen molar-refractivity contribution in [2.24, 2.45) is 0 Å². The number of nitrogens with zero attached hydrogens (tertiary/aromatic N) is 4. The third-order valence-corrected chi connectivity index (χ3v) is 7.38. The molecule has 4 rings (SSSR count). The second-order valence-corrected chi connectivity index (χ2v) is 9.59. The third-order valence-electron chi connectivity index (χ3n) is 5.49. The lowest BCUT2D eigenvalue weighted by molar-refractivity contribution is 0.222. The van der Waals surface area contributed by atoms with E-state index < -0.39 is 10.0 Å². The second-order valence-electron chi connectivity index (χ2n) is 7.65. The molecule has 0 saturated carbocycles. The largest absolute Gasteiger partial charge is 0.497 e. The zero-order valence-electron chi connectivity index (χ0n) is 17.8. The van der Waals surface area contributed by atoms with E-state index in [2.05, 4.69) is 14.9 Å². The lowest BCUT2D eigenvalue weighted by Gasteiger charge is -2.31. The monoisotopic (exact) mass is 441 g/mol. The van der Waals surface area contributed by atoms with Crippen molar-refractivity contribution >= 4 is 10.0 Å². The van der Waals surface area contributed by atoms with Crippen molar-refractivity contribution in [3.8, 4) is 17.0 Å². The van der Waals surface area contributed by atoms with Gasteiger partial charge < -0.3 is 14.6 Å². The van der Waals surface area contributed by atoms with Crippen LogP contribution in [0.15, 0.2) is 53.7 Å². The van der Waals surface area contributed by atoms with Gasteiger partial charge in [0.2, 0.25) is 10.0 Å². The van der Waals surface area contributed by atoms with Crippen molar-refractivity contribution in [1.82, 2.24) is 24.2 Å². The molecule has 1 saturated heterocycles. The van der Waals surface area contributed by atoms with E-state index in [1.165, 1.54) is 0 Å². The molecule has 0 bridgehead atoms. The van der Waals surface area contributed by atoms with Crippen LogP contribution in [-0.2, 0) is 22.9 Å². The van der Waals surface area contributed by atoms with Crippen molar-refractivity contribution in [2.75, 3.05) is 40.3 Å². The van der Waals surface area contributed by atoms with Crippen LogP contribution in [0.4, 0.5) is 0 Å². The highest BCUT2D eigenvalue weighted by atomic mass is 32.2. The summed E-state index contributed by atoms with van der Waals surface area (Å²) >= 11 is 0. The molecule has 1 fully saturated rings. The van der Waals surface area contributed by atoms with E-state index in [1.54, 1.807) is 42.0 Å². The number of aromatic amines is 1. The first-order valence-electron chi connectivity index (χ1n) is 10.3. The summed E-state index contributed by atoms with van der Waals surface area (Å²) in [5.41, 5.74) is 2.29. The Balaban J connectivity index is 1.61. The number of hydrogen-bond donors (Lipinski definition) is 1. The van der Waals surface area contributed by atoms with Crippen LogP contribution in [0, 0.1) is 0 Å². The molecule has 1 aromatic carbocycles. The maximum absolute atomic E-state index is 13.2. The Kier molecular flexibility index (Phi) is 6.35. The average molecular weight is 442 g/mol. The normalized spacial score (nSPS) is 15.8. The quantitative estimate of drug-likeness (QED) is 0.604. The van der Waals surface area contributed by atoms with Gasteiger partial charge in [-0.15, -0.1) is 0 Å². The lowest BCUT2D eigenvalue weighted by Crippen LogP contribution is -2.47. The number of ether oxygens (including phenoxy) is 1. The molecule has 0 aliphatic carbocycles. The highest BCUT2D eigenvalue weighted by Gasteiger charge is 2.27. The minimum absolute atomic E-state index is 0.288. The summed E-state index contributed by atoms with van der Waals surface area (Å²) in [7, 11) is 0.0709. The molecular formula is C22H27N5O3S. The lowest BCUT2D eigenvalue weighted by atomic mass is 10.1. The Morgan fingerprint density at radius 3 is 2.61 bits per heavy atom. The SMILES string of the molecule is COc1cc(CCc2ncc[nH]2)nc(-c2cccc(S(=O)(=O)N3CCN(C)CC3)c2)c1. The van der Waals surface area contributed by atoms with Crippen molar-refractivity contribution in [3.05, 3.63) is 60.3 Å². The molecule has 164 valence electrons. The van der Waals surface area contributed by atoms with Crippen molar-refractivity contribution in [3.63, 3.8) is 0 Å². The van der Waals surface area contributed by atoms with E-state index in [0.29, 0.717) is 31.0 Å². The molecule has 3 aromatic rings. The fraction of sp³-hybridized carbons (Fsp3) is 0.364. The number of piperazine rings is 1. The summed E-state index contributed by atoms with van der Waals surface area (Å²) in [6.45, 7) is 2.46. The summed E-state index contributed by atoms with van der Waals surface area (Å²) in [4.78, 5) is 14.5. The summed E-state index contributed by atoms with van der Waals surface area (Å²) in [6.07, 6.45) is 4.94. The Hall–Kier alpha value is -2.75. The predicted octanol–water partition coefficient (Wildman–Crippen LogP) is 2.20. The van der Waals surface area contributed by atoms with Gasteiger partial charge in [-0.05, 0) is 25.6 Å². The number of methoxy groups -OCH3 is 1. The molecule has 0 unspecified atom stereocenters. The minimum atomic E-state index is -3.55. The predicted molar refractivity (Wildman–Crippen MR) is 118 cm³/mol. The number of likely N-dealkylation sites (N-methyl/N-ethyl adjacent to an activating group) is 1. The van der Waals surface area contributed by atoms with Crippen LogP contribution in [0.3, 0.4) is 0 Å². The van der Waals surface area contributed by atoms with Crippen LogP contribution in [0.5, 0.6) is 5.75 Å². The number of imidazole rings is 1. The number of aryl methyl sites for hydroxylation is 2. The summed E-state index contributed by atoms with van der Waals surface area (Å²) in [6, 6.07) is 10.7. The minimum Gasteiger partial charge on any atom is -0.497 e. The molecule has 3 heterocycles. The van der Waals surface area contributed by atoms with E-state index in [0.717, 1.165) is 36.6 Å². The fourth-order valence-corrected chi connectivity index (χ4v) is 5.10. The van der Waals surface area contributed by atoms with Gasteiger partial charge in [0.25, 0.3) is 0 Å². The van der Waals surface area contributed by atoms with E-state index in [-0.39, 0.29) is 4.90 Å². The van der Waals surface area contributed by atoms with Gasteiger partial charge in [-0.1, -0.05) is 12.1 Å². The van der Waals surface area contributed by atoms with Crippen LogP contribution in [0.25, 0.3) is 11.3 Å². The van der Waals surface area contributed by atoms with E-state index in [9.17, 15) is 8.42 Å². The highest BCUT2D eigenvalue weighted by molar-refractivity contribution is 7.89. The number of rotatable bonds is 7. The van der Waals surface area contributed by atoms with Crippen LogP contribution in [0.2, 0.25) is 0 Å². The number of H-pyrrole nitrogens is 1. The molecule has 2 aromatic heterocycles. The summed E-state index contributed by atoms with van der Waals surface area (Å²) < 4.78 is 33.3. The number of benzene rings is 1. The number of aromatic nitrogens is 3. The van der Waals surface area contributed by atoms with Gasteiger partial charge in [0.15, 0.2) is 0 Å². The standard InChI is InChI=1S/C22H27N5O3S/c1-26-10-12-27(13-11-26)31(28,29)20-5-3-4-17(14-20)21-16-19(30-2)15-18(25-21)6-7-22-23-8-9-24-22/h3-5,8-9,14-16H,6-7,10-13H2,1-2H3,(H,23,24). The molecule has 0 spiro atoms. The van der Waals surface area contributed by atoms with E-state index >= 15 is 0 Å². The number of hydrogen-bond acceptors (Lipinski definition) is 6. The zero-order chi connectivity index (χ0) is 21.8. The van der Waals surface area contributed by atoms with Crippen LogP contribution in [-0.4, -0.2) is 72.9 Å². The Morgan fingerprint density at radius 1 is 1.10 bits per heavy atom. The van der Waals surface area contributed by atoms with Gasteiger partial charge in [-0.25, -0.2) is 13.4 Å². The van der Waals surface area contributed by atoms with Crippen molar-refractivity contribution in [2.45, 2.75) is 17.7 Å². The number of nitrogens with one attached hydrogen (secondary N) is 1. The summed E-state index contributed by atoms with van der Waals surface area (Å²) in [5.74, 6) is 1.58. The summed E-state index contributed by atoms with van der Waals surface area (Å²) in [5, 5.41) is 0. The number of pyridine rings is 1. The van der Waals surface area contributed by atoms with Gasteiger partial charge in [0.05, 0.1) is 17.7 Å². The highest BCUT2D eigenvalue weighted by Crippen LogP contribution is 2.27. The molecule has 8 nitrogen and oxygen atoms in total. The van der Waals surface area contributed by atoms with Gasteiger partial charge in [-0.3, -0.25) is 4.98 Å². The van der Waals surface area contributed by atoms with E-state index in [1.807, 2.05) is 25.2 Å². The molecule has 31 heavy (non-hydrogen) atoms. The van der Waals surface area contributed by atoms with Crippen molar-refractivity contribution < 1.29 is 13.2 Å². The van der Waals surface area contributed by atoms with Gasteiger partial charge >= 0.3 is 0 Å². The molecule has 0 radical (unpaired) electrons. The van der Waals surface area contributed by atoms with Gasteiger partial charge in [0, 0.05) is 68.4 Å². The molecule has 1 aliphatic rings. The van der Waals surface area contributed by atoms with Gasteiger partial charge in [0.1, 0.15) is 11.6 Å². The Bertz CT molecular complexity index is 1120.